The summed E-state index contributed by atoms with van der Waals surface area (Å²) < 4.78 is 12.0. The molecule has 0 unspecified atom stereocenters. The average molecular weight is 440 g/mol. The molecule has 0 aliphatic rings. The summed E-state index contributed by atoms with van der Waals surface area (Å²) >= 11 is 5.94. The van der Waals surface area contributed by atoms with Gasteiger partial charge in [-0.15, -0.1) is 0 Å². The smallest absolute Gasteiger partial charge is 0.331 e. The van der Waals surface area contributed by atoms with E-state index >= 15 is 0 Å². The number of rotatable bonds is 7. The van der Waals surface area contributed by atoms with Gasteiger partial charge in [0.15, 0.2) is 6.61 Å². The first-order valence-corrected chi connectivity index (χ1v) is 9.86. The molecule has 1 amide bonds. The quantitative estimate of drug-likeness (QED) is 0.437. The number of nitrogens with one attached hydrogen (secondary N) is 1. The number of hydrogen-bond donors (Lipinski definition) is 1. The number of hydrogen-bond acceptors (Lipinski definition) is 5. The van der Waals surface area contributed by atoms with Crippen LogP contribution in [0.4, 0.5) is 5.69 Å². The largest absolute Gasteiger partial charge is 0.495 e. The SMILES string of the molecule is COc1ccc(Cl)cc1NC(=O)COC(=O)/C=C/c1c(C)nn(-c2ccccc2)c1C. The molecule has 1 N–H and O–H groups in total. The average Bonchev–Trinajstić information content (AvgIpc) is 3.05. The molecule has 1 heterocycles. The lowest BCUT2D eigenvalue weighted by Gasteiger charge is -2.10. The minimum Gasteiger partial charge on any atom is -0.495 e. The van der Waals surface area contributed by atoms with Crippen molar-refractivity contribution in [2.75, 3.05) is 19.0 Å². The Morgan fingerprint density at radius 1 is 1.16 bits per heavy atom. The Bertz CT molecular complexity index is 1120. The first-order valence-electron chi connectivity index (χ1n) is 9.49. The van der Waals surface area contributed by atoms with Crippen LogP contribution in [0.1, 0.15) is 17.0 Å². The maximum atomic E-state index is 12.1. The van der Waals surface area contributed by atoms with Crippen LogP contribution in [0, 0.1) is 13.8 Å². The van der Waals surface area contributed by atoms with E-state index in [1.54, 1.807) is 24.3 Å². The molecular formula is C23H22ClN3O4. The molecule has 160 valence electrons. The number of esters is 1. The van der Waals surface area contributed by atoms with Gasteiger partial charge in [-0.25, -0.2) is 9.48 Å². The molecule has 0 spiro atoms. The van der Waals surface area contributed by atoms with Gasteiger partial charge in [0.25, 0.3) is 5.91 Å². The molecule has 0 fully saturated rings. The monoisotopic (exact) mass is 439 g/mol. The van der Waals surface area contributed by atoms with E-state index in [0.29, 0.717) is 16.5 Å². The fourth-order valence-electron chi connectivity index (χ4n) is 3.02. The predicted octanol–water partition coefficient (Wildman–Crippen LogP) is 4.35. The Balaban J connectivity index is 1.61. The first-order chi connectivity index (χ1) is 14.9. The molecule has 0 aliphatic heterocycles. The summed E-state index contributed by atoms with van der Waals surface area (Å²) in [4.78, 5) is 24.2. The molecule has 0 bridgehead atoms. The summed E-state index contributed by atoms with van der Waals surface area (Å²) in [5.74, 6) is -0.698. The molecule has 3 aromatic rings. The van der Waals surface area contributed by atoms with Gasteiger partial charge in [-0.05, 0) is 50.3 Å². The summed E-state index contributed by atoms with van der Waals surface area (Å²) in [6.45, 7) is 3.34. The third-order valence-electron chi connectivity index (χ3n) is 4.52. The highest BCUT2D eigenvalue weighted by Gasteiger charge is 2.12. The molecule has 2 aromatic carbocycles. The van der Waals surface area contributed by atoms with Gasteiger partial charge >= 0.3 is 5.97 Å². The van der Waals surface area contributed by atoms with E-state index in [0.717, 1.165) is 22.6 Å². The van der Waals surface area contributed by atoms with Crippen molar-refractivity contribution in [2.45, 2.75) is 13.8 Å². The fourth-order valence-corrected chi connectivity index (χ4v) is 3.19. The number of aryl methyl sites for hydroxylation is 1. The first kappa shape index (κ1) is 22.1. The highest BCUT2D eigenvalue weighted by atomic mass is 35.5. The number of halogens is 1. The van der Waals surface area contributed by atoms with Gasteiger partial charge in [0.2, 0.25) is 0 Å². The van der Waals surface area contributed by atoms with Crippen molar-refractivity contribution in [1.29, 1.82) is 0 Å². The van der Waals surface area contributed by atoms with Gasteiger partial charge < -0.3 is 14.8 Å². The molecule has 0 saturated heterocycles. The zero-order valence-corrected chi connectivity index (χ0v) is 18.1. The molecule has 0 saturated carbocycles. The van der Waals surface area contributed by atoms with Crippen LogP contribution in [0.15, 0.2) is 54.6 Å². The maximum absolute atomic E-state index is 12.1. The van der Waals surface area contributed by atoms with Crippen molar-refractivity contribution in [3.63, 3.8) is 0 Å². The van der Waals surface area contributed by atoms with Crippen molar-refractivity contribution < 1.29 is 19.1 Å². The van der Waals surface area contributed by atoms with Crippen LogP contribution in [0.25, 0.3) is 11.8 Å². The standard InChI is InChI=1S/C23H22ClN3O4/c1-15-19(16(2)27(26-15)18-7-5-4-6-8-18)10-12-23(29)31-14-22(28)25-20-13-17(24)9-11-21(20)30-3/h4-13H,14H2,1-3H3,(H,25,28)/b12-10+. The van der Waals surface area contributed by atoms with Crippen molar-refractivity contribution in [2.24, 2.45) is 0 Å². The van der Waals surface area contributed by atoms with Crippen LogP contribution in [0.5, 0.6) is 5.75 Å². The molecule has 31 heavy (non-hydrogen) atoms. The second-order valence-electron chi connectivity index (χ2n) is 6.67. The molecule has 0 atom stereocenters. The van der Waals surface area contributed by atoms with E-state index in [9.17, 15) is 9.59 Å². The lowest BCUT2D eigenvalue weighted by Crippen LogP contribution is -2.20. The van der Waals surface area contributed by atoms with Crippen LogP contribution in [-0.4, -0.2) is 35.4 Å². The normalized spacial score (nSPS) is 10.8. The van der Waals surface area contributed by atoms with Gasteiger partial charge in [-0.1, -0.05) is 29.8 Å². The van der Waals surface area contributed by atoms with Gasteiger partial charge in [0.05, 0.1) is 24.2 Å². The van der Waals surface area contributed by atoms with Crippen LogP contribution >= 0.6 is 11.6 Å². The Hall–Kier alpha value is -3.58. The Labute approximate surface area is 185 Å². The third kappa shape index (κ3) is 5.52. The summed E-state index contributed by atoms with van der Waals surface area (Å²) in [6.07, 6.45) is 2.91. The number of anilines is 1. The molecule has 0 aliphatic carbocycles. The summed E-state index contributed by atoms with van der Waals surface area (Å²) in [6, 6.07) is 14.5. The molecule has 0 radical (unpaired) electrons. The van der Waals surface area contributed by atoms with Crippen LogP contribution in [0.2, 0.25) is 5.02 Å². The van der Waals surface area contributed by atoms with Crippen molar-refractivity contribution in [1.82, 2.24) is 9.78 Å². The van der Waals surface area contributed by atoms with Crippen molar-refractivity contribution in [3.8, 4) is 11.4 Å². The van der Waals surface area contributed by atoms with E-state index in [1.807, 2.05) is 48.9 Å². The van der Waals surface area contributed by atoms with E-state index in [2.05, 4.69) is 10.4 Å². The number of para-hydroxylation sites is 1. The number of amides is 1. The minimum atomic E-state index is -0.639. The Morgan fingerprint density at radius 3 is 2.61 bits per heavy atom. The number of aromatic nitrogens is 2. The molecular weight excluding hydrogens is 418 g/mol. The lowest BCUT2D eigenvalue weighted by atomic mass is 10.2. The number of ether oxygens (including phenoxy) is 2. The predicted molar refractivity (Wildman–Crippen MR) is 120 cm³/mol. The lowest BCUT2D eigenvalue weighted by molar-refractivity contribution is -0.142. The maximum Gasteiger partial charge on any atom is 0.331 e. The van der Waals surface area contributed by atoms with Gasteiger partial charge in [-0.2, -0.15) is 5.10 Å². The van der Waals surface area contributed by atoms with E-state index < -0.39 is 18.5 Å². The van der Waals surface area contributed by atoms with E-state index in [4.69, 9.17) is 21.1 Å². The summed E-state index contributed by atoms with van der Waals surface area (Å²) in [5, 5.41) is 7.58. The molecule has 3 rings (SSSR count). The number of nitrogens with zero attached hydrogens (tertiary/aromatic N) is 2. The van der Waals surface area contributed by atoms with Crippen LogP contribution < -0.4 is 10.1 Å². The highest BCUT2D eigenvalue weighted by molar-refractivity contribution is 6.31. The Morgan fingerprint density at radius 2 is 1.90 bits per heavy atom. The zero-order chi connectivity index (χ0) is 22.4. The van der Waals surface area contributed by atoms with E-state index in [-0.39, 0.29) is 0 Å². The van der Waals surface area contributed by atoms with Crippen molar-refractivity contribution >= 4 is 35.2 Å². The number of benzene rings is 2. The van der Waals surface area contributed by atoms with E-state index in [1.165, 1.54) is 13.2 Å². The zero-order valence-electron chi connectivity index (χ0n) is 17.4. The minimum absolute atomic E-state index is 0.395. The fraction of sp³-hybridized carbons (Fsp3) is 0.174. The second-order valence-corrected chi connectivity index (χ2v) is 7.10. The second kappa shape index (κ2) is 9.95. The number of carbonyl (C=O) groups excluding carboxylic acids is 2. The summed E-state index contributed by atoms with van der Waals surface area (Å²) in [5.41, 5.74) is 3.80. The summed E-state index contributed by atoms with van der Waals surface area (Å²) in [7, 11) is 1.48. The number of methoxy groups -OCH3 is 1. The van der Waals surface area contributed by atoms with Gasteiger partial charge in [0.1, 0.15) is 5.75 Å². The van der Waals surface area contributed by atoms with Gasteiger partial charge in [-0.3, -0.25) is 4.79 Å². The highest BCUT2D eigenvalue weighted by Crippen LogP contribution is 2.27. The number of carbonyl (C=O) groups is 2. The van der Waals surface area contributed by atoms with Gasteiger partial charge in [0, 0.05) is 22.4 Å². The van der Waals surface area contributed by atoms with Crippen LogP contribution in [-0.2, 0) is 14.3 Å². The van der Waals surface area contributed by atoms with Crippen LogP contribution in [0.3, 0.4) is 0 Å². The molecule has 7 nitrogen and oxygen atoms in total. The molecule has 8 heteroatoms. The molecule has 1 aromatic heterocycles. The Kier molecular flexibility index (Phi) is 7.10. The van der Waals surface area contributed by atoms with Crippen molar-refractivity contribution in [3.05, 3.63) is 76.6 Å². The topological polar surface area (TPSA) is 82.4 Å². The third-order valence-corrected chi connectivity index (χ3v) is 4.75.